The number of carboxylic acids is 1. The molecule has 0 spiro atoms. The molecule has 0 aliphatic rings. The zero-order valence-corrected chi connectivity index (χ0v) is 8.81. The lowest BCUT2D eigenvalue weighted by Crippen LogP contribution is -2.35. The Morgan fingerprint density at radius 2 is 2.12 bits per heavy atom. The predicted octanol–water partition coefficient (Wildman–Crippen LogP) is 1.43. The van der Waals surface area contributed by atoms with Crippen LogP contribution < -0.4 is 4.74 Å². The zero-order chi connectivity index (χ0) is 12.2. The number of para-hydroxylation sites is 1. The van der Waals surface area contributed by atoms with E-state index in [1.807, 2.05) is 0 Å². The highest BCUT2D eigenvalue weighted by molar-refractivity contribution is 5.68. The average Bonchev–Trinajstić information content (AvgIpc) is 2.14. The number of carboxylic acid groups (broad SMARTS) is 1. The van der Waals surface area contributed by atoms with Crippen molar-refractivity contribution in [3.8, 4) is 5.75 Å². The molecule has 0 aromatic heterocycles. The molecule has 16 heavy (non-hydrogen) atoms. The van der Waals surface area contributed by atoms with Crippen molar-refractivity contribution < 1.29 is 24.1 Å². The summed E-state index contributed by atoms with van der Waals surface area (Å²) in [7, 11) is 0. The highest BCUT2D eigenvalue weighted by Gasteiger charge is 2.25. The van der Waals surface area contributed by atoms with Gasteiger partial charge in [0.1, 0.15) is 12.2 Å². The molecule has 1 aromatic carbocycles. The standard InChI is InChI=1S/C11H13FO4/c1-11(15,6-10(13)14)7-16-9-5-3-2-4-8(9)12/h2-5,15H,6-7H2,1H3,(H,13,14). The SMILES string of the molecule is CC(O)(COc1ccccc1F)CC(=O)O. The minimum absolute atomic E-state index is 0.00633. The third-order valence-corrected chi connectivity index (χ3v) is 1.91. The Morgan fingerprint density at radius 1 is 1.50 bits per heavy atom. The van der Waals surface area contributed by atoms with E-state index in [1.165, 1.54) is 25.1 Å². The van der Waals surface area contributed by atoms with E-state index in [9.17, 15) is 14.3 Å². The number of benzene rings is 1. The maximum absolute atomic E-state index is 13.1. The first-order valence-corrected chi connectivity index (χ1v) is 4.72. The molecule has 5 heteroatoms. The minimum Gasteiger partial charge on any atom is -0.488 e. The number of carbonyl (C=O) groups is 1. The second-order valence-corrected chi connectivity index (χ2v) is 3.79. The summed E-state index contributed by atoms with van der Waals surface area (Å²) in [4.78, 5) is 10.4. The normalized spacial score (nSPS) is 14.2. The number of halogens is 1. The first-order valence-electron chi connectivity index (χ1n) is 4.72. The lowest BCUT2D eigenvalue weighted by Gasteiger charge is -2.21. The highest BCUT2D eigenvalue weighted by atomic mass is 19.1. The van der Waals surface area contributed by atoms with Gasteiger partial charge in [-0.1, -0.05) is 12.1 Å². The summed E-state index contributed by atoms with van der Waals surface area (Å²) < 4.78 is 18.1. The van der Waals surface area contributed by atoms with Gasteiger partial charge in [0.05, 0.1) is 6.42 Å². The number of aliphatic hydroxyl groups is 1. The van der Waals surface area contributed by atoms with Crippen molar-refractivity contribution in [1.82, 2.24) is 0 Å². The van der Waals surface area contributed by atoms with Gasteiger partial charge in [-0.25, -0.2) is 4.39 Å². The number of ether oxygens (including phenoxy) is 1. The largest absolute Gasteiger partial charge is 0.488 e. The van der Waals surface area contributed by atoms with E-state index < -0.39 is 23.8 Å². The Hall–Kier alpha value is -1.62. The van der Waals surface area contributed by atoms with E-state index in [2.05, 4.69) is 0 Å². The van der Waals surface area contributed by atoms with Crippen LogP contribution in [0.15, 0.2) is 24.3 Å². The van der Waals surface area contributed by atoms with Crippen LogP contribution >= 0.6 is 0 Å². The molecule has 0 aliphatic carbocycles. The van der Waals surface area contributed by atoms with Crippen LogP contribution in [-0.2, 0) is 4.79 Å². The second-order valence-electron chi connectivity index (χ2n) is 3.79. The fraction of sp³-hybridized carbons (Fsp3) is 0.364. The fourth-order valence-electron chi connectivity index (χ4n) is 1.17. The minimum atomic E-state index is -1.52. The molecule has 0 heterocycles. The van der Waals surface area contributed by atoms with Crippen molar-refractivity contribution in [3.63, 3.8) is 0 Å². The third-order valence-electron chi connectivity index (χ3n) is 1.91. The van der Waals surface area contributed by atoms with Gasteiger partial charge in [0.15, 0.2) is 11.6 Å². The lowest BCUT2D eigenvalue weighted by atomic mass is 10.0. The number of aliphatic carboxylic acids is 1. The van der Waals surface area contributed by atoms with Crippen LogP contribution in [0.25, 0.3) is 0 Å². The quantitative estimate of drug-likeness (QED) is 0.800. The summed E-state index contributed by atoms with van der Waals surface area (Å²) >= 11 is 0. The van der Waals surface area contributed by atoms with Crippen molar-refractivity contribution in [1.29, 1.82) is 0 Å². The molecule has 1 aromatic rings. The summed E-state index contributed by atoms with van der Waals surface area (Å²) in [5.41, 5.74) is -1.52. The third kappa shape index (κ3) is 3.86. The molecule has 0 fully saturated rings. The van der Waals surface area contributed by atoms with E-state index >= 15 is 0 Å². The van der Waals surface area contributed by atoms with Crippen molar-refractivity contribution in [2.45, 2.75) is 18.9 Å². The molecule has 0 aliphatic heterocycles. The summed E-state index contributed by atoms with van der Waals surface area (Å²) in [6, 6.07) is 5.73. The van der Waals surface area contributed by atoms with Crippen LogP contribution in [0.2, 0.25) is 0 Å². The first kappa shape index (κ1) is 12.4. The van der Waals surface area contributed by atoms with Gasteiger partial charge in [-0.2, -0.15) is 0 Å². The number of hydrogen-bond acceptors (Lipinski definition) is 3. The van der Waals surface area contributed by atoms with Crippen molar-refractivity contribution in [2.24, 2.45) is 0 Å². The van der Waals surface area contributed by atoms with Crippen LogP contribution in [0.1, 0.15) is 13.3 Å². The molecule has 1 atom stereocenters. The Labute approximate surface area is 92.3 Å². The molecule has 1 rings (SSSR count). The maximum atomic E-state index is 13.1. The van der Waals surface area contributed by atoms with Gasteiger partial charge in [0.2, 0.25) is 0 Å². The van der Waals surface area contributed by atoms with Crippen LogP contribution in [0.5, 0.6) is 5.75 Å². The maximum Gasteiger partial charge on any atom is 0.306 e. The van der Waals surface area contributed by atoms with Crippen molar-refractivity contribution in [3.05, 3.63) is 30.1 Å². The van der Waals surface area contributed by atoms with Crippen molar-refractivity contribution in [2.75, 3.05) is 6.61 Å². The van der Waals surface area contributed by atoms with Crippen LogP contribution in [0.3, 0.4) is 0 Å². The summed E-state index contributed by atoms with van der Waals surface area (Å²) in [6.45, 7) is 1.04. The average molecular weight is 228 g/mol. The van der Waals surface area contributed by atoms with E-state index in [4.69, 9.17) is 9.84 Å². The van der Waals surface area contributed by atoms with Crippen LogP contribution in [-0.4, -0.2) is 28.4 Å². The van der Waals surface area contributed by atoms with Gasteiger partial charge in [-0.15, -0.1) is 0 Å². The smallest absolute Gasteiger partial charge is 0.306 e. The lowest BCUT2D eigenvalue weighted by molar-refractivity contribution is -0.143. The molecule has 0 saturated heterocycles. The van der Waals surface area contributed by atoms with E-state index in [0.29, 0.717) is 0 Å². The first-order chi connectivity index (χ1) is 7.41. The molecule has 0 radical (unpaired) electrons. The van der Waals surface area contributed by atoms with E-state index in [1.54, 1.807) is 6.07 Å². The van der Waals surface area contributed by atoms with Crippen LogP contribution in [0.4, 0.5) is 4.39 Å². The Kier molecular flexibility index (Phi) is 3.84. The Morgan fingerprint density at radius 3 is 2.69 bits per heavy atom. The number of hydrogen-bond donors (Lipinski definition) is 2. The second kappa shape index (κ2) is 4.94. The molecular weight excluding hydrogens is 215 g/mol. The van der Waals surface area contributed by atoms with E-state index in [-0.39, 0.29) is 12.4 Å². The van der Waals surface area contributed by atoms with Gasteiger partial charge in [-0.3, -0.25) is 4.79 Å². The molecule has 1 unspecified atom stereocenters. The molecule has 88 valence electrons. The Balaban J connectivity index is 2.57. The summed E-state index contributed by atoms with van der Waals surface area (Å²) in [5.74, 6) is -1.69. The molecular formula is C11H13FO4. The molecule has 4 nitrogen and oxygen atoms in total. The van der Waals surface area contributed by atoms with Crippen molar-refractivity contribution >= 4 is 5.97 Å². The molecule has 0 saturated carbocycles. The van der Waals surface area contributed by atoms with Gasteiger partial charge < -0.3 is 14.9 Å². The Bertz CT molecular complexity index is 376. The fourth-order valence-corrected chi connectivity index (χ4v) is 1.17. The van der Waals surface area contributed by atoms with Gasteiger partial charge in [0.25, 0.3) is 0 Å². The van der Waals surface area contributed by atoms with Gasteiger partial charge in [0, 0.05) is 0 Å². The number of rotatable bonds is 5. The van der Waals surface area contributed by atoms with Gasteiger partial charge in [-0.05, 0) is 19.1 Å². The van der Waals surface area contributed by atoms with Crippen LogP contribution in [0, 0.1) is 5.82 Å². The zero-order valence-electron chi connectivity index (χ0n) is 8.81. The molecule has 2 N–H and O–H groups in total. The topological polar surface area (TPSA) is 66.8 Å². The van der Waals surface area contributed by atoms with Gasteiger partial charge >= 0.3 is 5.97 Å². The van der Waals surface area contributed by atoms with E-state index in [0.717, 1.165) is 0 Å². The summed E-state index contributed by atoms with van der Waals surface area (Å²) in [6.07, 6.45) is -0.457. The molecule has 0 bridgehead atoms. The monoisotopic (exact) mass is 228 g/mol. The highest BCUT2D eigenvalue weighted by Crippen LogP contribution is 2.18. The molecule has 0 amide bonds. The summed E-state index contributed by atoms with van der Waals surface area (Å²) in [5, 5.41) is 18.1. The predicted molar refractivity (Wildman–Crippen MR) is 54.8 cm³/mol.